The molecule has 0 aliphatic heterocycles. The van der Waals surface area contributed by atoms with E-state index in [1.807, 2.05) is 38.4 Å². The zero-order chi connectivity index (χ0) is 15.4. The fourth-order valence-corrected chi connectivity index (χ4v) is 2.75. The molecule has 0 heterocycles. The Bertz CT molecular complexity index is 549. The molecule has 1 aliphatic rings. The van der Waals surface area contributed by atoms with Crippen molar-refractivity contribution in [2.24, 2.45) is 5.92 Å². The molecular formula is C17H23NO3. The molecule has 1 aromatic carbocycles. The van der Waals surface area contributed by atoms with Crippen LogP contribution < -0.4 is 9.47 Å². The number of methoxy groups -OCH3 is 2. The van der Waals surface area contributed by atoms with Crippen molar-refractivity contribution in [2.75, 3.05) is 34.9 Å². The molecule has 1 saturated carbocycles. The molecule has 1 aromatic rings. The van der Waals surface area contributed by atoms with Crippen molar-refractivity contribution in [3.63, 3.8) is 0 Å². The minimum absolute atomic E-state index is 0.131. The molecule has 0 amide bonds. The van der Waals surface area contributed by atoms with Gasteiger partial charge in [-0.1, -0.05) is 6.07 Å². The molecule has 2 rings (SSSR count). The standard InChI is InChI=1S/C17H23NO3/c1-18(2)11-14-7-6-13(17(14)19)9-12-5-8-15(20-3)16(10-12)21-4/h5,8-10,14H,6-7,11H2,1-4H3/b13-9-. The molecule has 0 bridgehead atoms. The van der Waals surface area contributed by atoms with Gasteiger partial charge in [-0.05, 0) is 56.3 Å². The van der Waals surface area contributed by atoms with Crippen LogP contribution in [0.3, 0.4) is 0 Å². The Hall–Kier alpha value is -1.81. The Kier molecular flexibility index (Phi) is 5.02. The van der Waals surface area contributed by atoms with Crippen molar-refractivity contribution in [2.45, 2.75) is 12.8 Å². The number of nitrogens with zero attached hydrogens (tertiary/aromatic N) is 1. The molecule has 21 heavy (non-hydrogen) atoms. The first kappa shape index (κ1) is 15.6. The van der Waals surface area contributed by atoms with Crippen molar-refractivity contribution in [1.29, 1.82) is 0 Å². The lowest BCUT2D eigenvalue weighted by atomic mass is 10.0. The maximum Gasteiger partial charge on any atom is 0.163 e. The number of Topliss-reactive ketones (excluding diaryl/α,β-unsaturated/α-hetero) is 1. The first-order valence-corrected chi connectivity index (χ1v) is 7.16. The molecule has 4 nitrogen and oxygen atoms in total. The van der Waals surface area contributed by atoms with Gasteiger partial charge >= 0.3 is 0 Å². The van der Waals surface area contributed by atoms with Crippen LogP contribution in [0.4, 0.5) is 0 Å². The summed E-state index contributed by atoms with van der Waals surface area (Å²) in [6.07, 6.45) is 3.77. The van der Waals surface area contributed by atoms with E-state index in [0.29, 0.717) is 11.5 Å². The van der Waals surface area contributed by atoms with E-state index in [4.69, 9.17) is 9.47 Å². The normalized spacial score (nSPS) is 20.3. The van der Waals surface area contributed by atoms with Crippen molar-refractivity contribution in [3.05, 3.63) is 29.3 Å². The van der Waals surface area contributed by atoms with Crippen LogP contribution in [0.25, 0.3) is 6.08 Å². The summed E-state index contributed by atoms with van der Waals surface area (Å²) >= 11 is 0. The molecule has 0 aromatic heterocycles. The molecular weight excluding hydrogens is 266 g/mol. The quantitative estimate of drug-likeness (QED) is 0.781. The predicted molar refractivity (Wildman–Crippen MR) is 83.8 cm³/mol. The van der Waals surface area contributed by atoms with Crippen LogP contribution in [0.1, 0.15) is 18.4 Å². The van der Waals surface area contributed by atoms with Crippen molar-refractivity contribution in [1.82, 2.24) is 4.90 Å². The van der Waals surface area contributed by atoms with Crippen molar-refractivity contribution >= 4 is 11.9 Å². The average Bonchev–Trinajstić information content (AvgIpc) is 2.79. The third-order valence-corrected chi connectivity index (χ3v) is 3.78. The number of carbonyl (C=O) groups excluding carboxylic acids is 1. The number of benzene rings is 1. The molecule has 0 radical (unpaired) electrons. The van der Waals surface area contributed by atoms with Crippen molar-refractivity contribution in [3.8, 4) is 11.5 Å². The lowest BCUT2D eigenvalue weighted by molar-refractivity contribution is -0.118. The Balaban J connectivity index is 2.19. The van der Waals surface area contributed by atoms with Gasteiger partial charge in [0.15, 0.2) is 17.3 Å². The number of rotatable bonds is 5. The summed E-state index contributed by atoms with van der Waals surface area (Å²) in [5, 5.41) is 0. The topological polar surface area (TPSA) is 38.8 Å². The predicted octanol–water partition coefficient (Wildman–Crippen LogP) is 2.63. The van der Waals surface area contributed by atoms with E-state index in [1.54, 1.807) is 14.2 Å². The van der Waals surface area contributed by atoms with Crippen LogP contribution in [-0.2, 0) is 4.79 Å². The Labute approximate surface area is 126 Å². The van der Waals surface area contributed by atoms with Gasteiger partial charge < -0.3 is 14.4 Å². The lowest BCUT2D eigenvalue weighted by Crippen LogP contribution is -2.24. The minimum Gasteiger partial charge on any atom is -0.493 e. The fourth-order valence-electron chi connectivity index (χ4n) is 2.75. The average molecular weight is 289 g/mol. The summed E-state index contributed by atoms with van der Waals surface area (Å²) in [5.74, 6) is 1.79. The maximum absolute atomic E-state index is 12.4. The van der Waals surface area contributed by atoms with Gasteiger partial charge in [-0.3, -0.25) is 4.79 Å². The smallest absolute Gasteiger partial charge is 0.163 e. The largest absolute Gasteiger partial charge is 0.493 e. The summed E-state index contributed by atoms with van der Waals surface area (Å²) in [7, 11) is 7.23. The summed E-state index contributed by atoms with van der Waals surface area (Å²) < 4.78 is 10.5. The molecule has 1 unspecified atom stereocenters. The van der Waals surface area contributed by atoms with E-state index >= 15 is 0 Å². The number of carbonyl (C=O) groups is 1. The molecule has 0 spiro atoms. The summed E-state index contributed by atoms with van der Waals surface area (Å²) in [5.41, 5.74) is 1.88. The summed E-state index contributed by atoms with van der Waals surface area (Å²) in [4.78, 5) is 14.4. The first-order valence-electron chi connectivity index (χ1n) is 7.16. The van der Waals surface area contributed by atoms with Gasteiger partial charge in [0.05, 0.1) is 14.2 Å². The van der Waals surface area contributed by atoms with E-state index in [-0.39, 0.29) is 11.7 Å². The monoisotopic (exact) mass is 289 g/mol. The molecule has 0 saturated heterocycles. The van der Waals surface area contributed by atoms with Gasteiger partial charge in [-0.2, -0.15) is 0 Å². The number of ether oxygens (including phenoxy) is 2. The number of hydrogen-bond donors (Lipinski definition) is 0. The molecule has 0 N–H and O–H groups in total. The highest BCUT2D eigenvalue weighted by Gasteiger charge is 2.29. The van der Waals surface area contributed by atoms with Crippen LogP contribution in [0.15, 0.2) is 23.8 Å². The lowest BCUT2D eigenvalue weighted by Gasteiger charge is -2.13. The second-order valence-corrected chi connectivity index (χ2v) is 5.65. The van der Waals surface area contributed by atoms with Gasteiger partial charge in [0.1, 0.15) is 0 Å². The first-order chi connectivity index (χ1) is 10.0. The second kappa shape index (κ2) is 6.76. The van der Waals surface area contributed by atoms with Gasteiger partial charge in [0.25, 0.3) is 0 Å². The van der Waals surface area contributed by atoms with Crippen LogP contribution >= 0.6 is 0 Å². The van der Waals surface area contributed by atoms with Crippen LogP contribution in [0.2, 0.25) is 0 Å². The Morgan fingerprint density at radius 1 is 1.24 bits per heavy atom. The third kappa shape index (κ3) is 3.64. The highest BCUT2D eigenvalue weighted by Crippen LogP contribution is 2.32. The highest BCUT2D eigenvalue weighted by atomic mass is 16.5. The van der Waals surface area contributed by atoms with E-state index in [1.165, 1.54) is 0 Å². The van der Waals surface area contributed by atoms with Gasteiger partial charge in [0.2, 0.25) is 0 Å². The van der Waals surface area contributed by atoms with E-state index in [9.17, 15) is 4.79 Å². The zero-order valence-corrected chi connectivity index (χ0v) is 13.2. The number of hydrogen-bond acceptors (Lipinski definition) is 4. The fraction of sp³-hybridized carbons (Fsp3) is 0.471. The summed E-state index contributed by atoms with van der Waals surface area (Å²) in [6, 6.07) is 5.71. The zero-order valence-electron chi connectivity index (χ0n) is 13.2. The molecule has 114 valence electrons. The molecule has 1 atom stereocenters. The third-order valence-electron chi connectivity index (χ3n) is 3.78. The Morgan fingerprint density at radius 3 is 2.57 bits per heavy atom. The molecule has 1 aliphatic carbocycles. The molecule has 1 fully saturated rings. The van der Waals surface area contributed by atoms with Crippen LogP contribution in [0, 0.1) is 5.92 Å². The highest BCUT2D eigenvalue weighted by molar-refractivity contribution is 6.03. The van der Waals surface area contributed by atoms with Gasteiger partial charge in [-0.15, -0.1) is 0 Å². The summed E-state index contributed by atoms with van der Waals surface area (Å²) in [6.45, 7) is 0.822. The molecule has 4 heteroatoms. The maximum atomic E-state index is 12.4. The van der Waals surface area contributed by atoms with E-state index in [0.717, 1.165) is 30.5 Å². The minimum atomic E-state index is 0.131. The number of ketones is 1. The van der Waals surface area contributed by atoms with Gasteiger partial charge in [0, 0.05) is 12.5 Å². The van der Waals surface area contributed by atoms with Crippen molar-refractivity contribution < 1.29 is 14.3 Å². The van der Waals surface area contributed by atoms with Gasteiger partial charge in [-0.25, -0.2) is 0 Å². The Morgan fingerprint density at radius 2 is 1.95 bits per heavy atom. The van der Waals surface area contributed by atoms with E-state index < -0.39 is 0 Å². The van der Waals surface area contributed by atoms with Crippen LogP contribution in [0.5, 0.6) is 11.5 Å². The number of allylic oxidation sites excluding steroid dienone is 1. The second-order valence-electron chi connectivity index (χ2n) is 5.65. The van der Waals surface area contributed by atoms with Crippen LogP contribution in [-0.4, -0.2) is 45.5 Å². The SMILES string of the molecule is COc1ccc(/C=C2/CCC(CN(C)C)C2=O)cc1OC. The van der Waals surface area contributed by atoms with E-state index in [2.05, 4.69) is 4.90 Å².